The average molecular weight is 347 g/mol. The van der Waals surface area contributed by atoms with Gasteiger partial charge in [0.25, 0.3) is 0 Å². The summed E-state index contributed by atoms with van der Waals surface area (Å²) in [4.78, 5) is 13.0. The number of carbonyl (C=O) groups is 1. The molecule has 2 aromatic rings. The molecule has 0 fully saturated rings. The molecule has 0 amide bonds. The van der Waals surface area contributed by atoms with Gasteiger partial charge in [-0.3, -0.25) is 4.79 Å². The van der Waals surface area contributed by atoms with E-state index in [0.29, 0.717) is 4.88 Å². The number of ketones is 1. The van der Waals surface area contributed by atoms with Gasteiger partial charge in [-0.05, 0) is 23.6 Å². The minimum atomic E-state index is -3.71. The summed E-state index contributed by atoms with van der Waals surface area (Å²) in [5.74, 6) is -0.239. The van der Waals surface area contributed by atoms with Gasteiger partial charge in [0.15, 0.2) is 5.78 Å². The largest absolute Gasteiger partial charge is 0.288 e. The van der Waals surface area contributed by atoms with Crippen molar-refractivity contribution < 1.29 is 13.2 Å². The lowest BCUT2D eigenvalue weighted by Crippen LogP contribution is -2.34. The lowest BCUT2D eigenvalue weighted by molar-refractivity contribution is 0.103. The van der Waals surface area contributed by atoms with Gasteiger partial charge in [0.2, 0.25) is 10.0 Å². The Morgan fingerprint density at radius 1 is 1.17 bits per heavy atom. The summed E-state index contributed by atoms with van der Waals surface area (Å²) in [6.07, 6.45) is 1.49. The quantitative estimate of drug-likeness (QED) is 0.418. The van der Waals surface area contributed by atoms with E-state index in [1.807, 2.05) is 0 Å². The van der Waals surface area contributed by atoms with Crippen molar-refractivity contribution in [2.75, 3.05) is 13.1 Å². The van der Waals surface area contributed by atoms with Gasteiger partial charge < -0.3 is 0 Å². The average Bonchev–Trinajstić information content (AvgIpc) is 3.08. The molecule has 0 spiro atoms. The van der Waals surface area contributed by atoms with E-state index in [-0.39, 0.29) is 29.3 Å². The molecular weight excluding hydrogens is 330 g/mol. The molecule has 6 heteroatoms. The van der Waals surface area contributed by atoms with Crippen molar-refractivity contribution in [3.63, 3.8) is 0 Å². The van der Waals surface area contributed by atoms with Gasteiger partial charge >= 0.3 is 0 Å². The first-order valence-electron chi connectivity index (χ1n) is 6.89. The minimum Gasteiger partial charge on any atom is -0.288 e. The normalized spacial score (nSPS) is 11.3. The number of hydrogen-bond acceptors (Lipinski definition) is 4. The second-order valence-corrected chi connectivity index (χ2v) is 7.69. The molecule has 0 aliphatic rings. The molecule has 1 heterocycles. The highest BCUT2D eigenvalue weighted by Gasteiger charge is 2.25. The highest BCUT2D eigenvalue weighted by Crippen LogP contribution is 2.19. The zero-order valence-electron chi connectivity index (χ0n) is 12.5. The Morgan fingerprint density at radius 3 is 2.43 bits per heavy atom. The molecule has 0 N–H and O–H groups in total. The minimum absolute atomic E-state index is 0.0695. The van der Waals surface area contributed by atoms with Gasteiger partial charge in [-0.1, -0.05) is 36.9 Å². The number of rotatable bonds is 8. The fourth-order valence-corrected chi connectivity index (χ4v) is 4.14. The molecule has 0 aliphatic carbocycles. The molecule has 0 aliphatic heterocycles. The number of sulfonamides is 1. The predicted octanol–water partition coefficient (Wildman–Crippen LogP) is 3.36. The maximum absolute atomic E-state index is 12.7. The topological polar surface area (TPSA) is 54.5 Å². The number of carbonyl (C=O) groups excluding carboxylic acids is 1. The van der Waals surface area contributed by atoms with E-state index in [2.05, 4.69) is 13.2 Å². The zero-order valence-corrected chi connectivity index (χ0v) is 14.1. The maximum Gasteiger partial charge on any atom is 0.243 e. The highest BCUT2D eigenvalue weighted by atomic mass is 32.2. The Morgan fingerprint density at radius 2 is 1.87 bits per heavy atom. The predicted molar refractivity (Wildman–Crippen MR) is 93.2 cm³/mol. The van der Waals surface area contributed by atoms with E-state index in [4.69, 9.17) is 0 Å². The van der Waals surface area contributed by atoms with Crippen LogP contribution in [0.1, 0.15) is 9.67 Å². The molecule has 2 rings (SSSR count). The lowest BCUT2D eigenvalue weighted by atomic mass is 10.1. The molecule has 1 aromatic carbocycles. The van der Waals surface area contributed by atoms with Crippen molar-refractivity contribution in [1.82, 2.24) is 4.31 Å². The molecule has 120 valence electrons. The van der Waals surface area contributed by atoms with E-state index < -0.39 is 10.0 Å². The van der Waals surface area contributed by atoms with E-state index in [9.17, 15) is 13.2 Å². The summed E-state index contributed by atoms with van der Waals surface area (Å²) in [6.45, 7) is 7.38. The van der Waals surface area contributed by atoms with Crippen molar-refractivity contribution in [2.24, 2.45) is 0 Å². The molecule has 4 nitrogen and oxygen atoms in total. The molecule has 0 saturated heterocycles. The third-order valence-electron chi connectivity index (χ3n) is 3.15. The summed E-state index contributed by atoms with van der Waals surface area (Å²) < 4.78 is 26.6. The molecule has 23 heavy (non-hydrogen) atoms. The van der Waals surface area contributed by atoms with E-state index >= 15 is 0 Å². The Hall–Kier alpha value is -2.02. The van der Waals surface area contributed by atoms with Crippen LogP contribution in [0.15, 0.2) is 77.5 Å². The van der Waals surface area contributed by atoms with Crippen LogP contribution in [0.25, 0.3) is 0 Å². The van der Waals surface area contributed by atoms with Crippen LogP contribution in [0.2, 0.25) is 0 Å². The molecule has 0 unspecified atom stereocenters. The first kappa shape index (κ1) is 17.3. The first-order valence-corrected chi connectivity index (χ1v) is 9.21. The summed E-state index contributed by atoms with van der Waals surface area (Å²) in [6, 6.07) is 11.6. The van der Waals surface area contributed by atoms with Gasteiger partial charge in [0.05, 0.1) is 9.77 Å². The van der Waals surface area contributed by atoms with Crippen LogP contribution in [0.5, 0.6) is 0 Å². The number of benzene rings is 1. The summed E-state index contributed by atoms with van der Waals surface area (Å²) >= 11 is 1.31. The maximum atomic E-state index is 12.7. The SMILES string of the molecule is C=CCN(CC(=C)C(=O)c1cccs1)S(=O)(=O)c1ccccc1. The third-order valence-corrected chi connectivity index (χ3v) is 5.84. The van der Waals surface area contributed by atoms with Crippen LogP contribution in [0.4, 0.5) is 0 Å². The smallest absolute Gasteiger partial charge is 0.243 e. The highest BCUT2D eigenvalue weighted by molar-refractivity contribution is 7.89. The Labute approximate surface area is 140 Å². The van der Waals surface area contributed by atoms with Crippen LogP contribution in [0, 0.1) is 0 Å². The van der Waals surface area contributed by atoms with E-state index in [0.717, 1.165) is 0 Å². The van der Waals surface area contributed by atoms with Crippen LogP contribution in [-0.4, -0.2) is 31.6 Å². The molecule has 0 radical (unpaired) electrons. The van der Waals surface area contributed by atoms with Crippen molar-refractivity contribution in [3.8, 4) is 0 Å². The van der Waals surface area contributed by atoms with E-state index in [1.54, 1.807) is 35.7 Å². The molecule has 0 saturated carbocycles. The van der Waals surface area contributed by atoms with Crippen molar-refractivity contribution in [2.45, 2.75) is 4.90 Å². The Kier molecular flexibility index (Phi) is 5.65. The summed E-state index contributed by atoms with van der Waals surface area (Å²) in [7, 11) is -3.71. The Balaban J connectivity index is 2.24. The van der Waals surface area contributed by atoms with Gasteiger partial charge in [0.1, 0.15) is 0 Å². The molecule has 1 aromatic heterocycles. The van der Waals surface area contributed by atoms with Crippen LogP contribution in [-0.2, 0) is 10.0 Å². The first-order chi connectivity index (χ1) is 11.0. The standard InChI is InChI=1S/C17H17NO3S2/c1-3-11-18(23(20,21)15-8-5-4-6-9-15)13-14(2)17(19)16-10-7-12-22-16/h3-10,12H,1-2,11,13H2. The monoisotopic (exact) mass is 347 g/mol. The van der Waals surface area contributed by atoms with Gasteiger partial charge in [0, 0.05) is 18.7 Å². The lowest BCUT2D eigenvalue weighted by Gasteiger charge is -2.21. The van der Waals surface area contributed by atoms with E-state index in [1.165, 1.54) is 33.9 Å². The van der Waals surface area contributed by atoms with Crippen molar-refractivity contribution in [3.05, 3.63) is 77.5 Å². The van der Waals surface area contributed by atoms with Gasteiger partial charge in [-0.25, -0.2) is 8.42 Å². The summed E-state index contributed by atoms with van der Waals surface area (Å²) in [5, 5.41) is 1.79. The van der Waals surface area contributed by atoms with Crippen LogP contribution >= 0.6 is 11.3 Å². The third kappa shape index (κ3) is 4.04. The zero-order chi connectivity index (χ0) is 16.9. The number of hydrogen-bond donors (Lipinski definition) is 0. The number of thiophene rings is 1. The molecule has 0 bridgehead atoms. The van der Waals surface area contributed by atoms with Crippen LogP contribution in [0.3, 0.4) is 0 Å². The van der Waals surface area contributed by atoms with Crippen molar-refractivity contribution >= 4 is 27.1 Å². The second kappa shape index (κ2) is 7.50. The Bertz CT molecular complexity index is 794. The van der Waals surface area contributed by atoms with Crippen molar-refractivity contribution in [1.29, 1.82) is 0 Å². The number of Topliss-reactive ketones (excluding diaryl/α,β-unsaturated/α-hetero) is 1. The summed E-state index contributed by atoms with van der Waals surface area (Å²) in [5.41, 5.74) is 0.230. The molecular formula is C17H17NO3S2. The fourth-order valence-electron chi connectivity index (χ4n) is 2.00. The second-order valence-electron chi connectivity index (χ2n) is 4.81. The van der Waals surface area contributed by atoms with Crippen LogP contribution < -0.4 is 0 Å². The fraction of sp³-hybridized carbons (Fsp3) is 0.118. The number of nitrogens with zero attached hydrogens (tertiary/aromatic N) is 1. The van der Waals surface area contributed by atoms with Gasteiger partial charge in [-0.15, -0.1) is 17.9 Å². The van der Waals surface area contributed by atoms with Gasteiger partial charge in [-0.2, -0.15) is 4.31 Å². The molecule has 0 atom stereocenters.